The third-order valence-corrected chi connectivity index (χ3v) is 3.95. The molecule has 6 heteroatoms. The monoisotopic (exact) mass is 276 g/mol. The maximum Gasteiger partial charge on any atom is 0.240 e. The summed E-state index contributed by atoms with van der Waals surface area (Å²) in [6.45, 7) is 0. The number of hydrogen-bond donors (Lipinski definition) is 0. The Labute approximate surface area is 116 Å². The van der Waals surface area contributed by atoms with E-state index in [1.807, 2.05) is 41.9 Å². The van der Waals surface area contributed by atoms with Gasteiger partial charge in [0.1, 0.15) is 11.6 Å². The molecule has 1 aromatic heterocycles. The SMILES string of the molecule is CN(C)C(=O)[C@H](Sc1nncn1C)c1ccccc1. The fourth-order valence-corrected chi connectivity index (χ4v) is 2.73. The van der Waals surface area contributed by atoms with Gasteiger partial charge in [-0.25, -0.2) is 0 Å². The van der Waals surface area contributed by atoms with Gasteiger partial charge in [0.25, 0.3) is 0 Å². The quantitative estimate of drug-likeness (QED) is 0.798. The Morgan fingerprint density at radius 3 is 2.53 bits per heavy atom. The van der Waals surface area contributed by atoms with Crippen molar-refractivity contribution in [2.75, 3.05) is 14.1 Å². The summed E-state index contributed by atoms with van der Waals surface area (Å²) in [5.74, 6) is 0.0409. The first-order chi connectivity index (χ1) is 9.09. The van der Waals surface area contributed by atoms with Crippen molar-refractivity contribution in [1.82, 2.24) is 19.7 Å². The predicted molar refractivity (Wildman–Crippen MR) is 74.7 cm³/mol. The molecule has 0 bridgehead atoms. The Morgan fingerprint density at radius 1 is 1.32 bits per heavy atom. The zero-order chi connectivity index (χ0) is 13.8. The molecule has 0 radical (unpaired) electrons. The second-order valence-electron chi connectivity index (χ2n) is 4.37. The Bertz CT molecular complexity index is 553. The molecule has 1 atom stereocenters. The summed E-state index contributed by atoms with van der Waals surface area (Å²) in [4.78, 5) is 13.9. The van der Waals surface area contributed by atoms with Gasteiger partial charge in [-0.2, -0.15) is 0 Å². The lowest BCUT2D eigenvalue weighted by atomic mass is 10.1. The average Bonchev–Trinajstić information content (AvgIpc) is 2.81. The lowest BCUT2D eigenvalue weighted by molar-refractivity contribution is -0.128. The van der Waals surface area contributed by atoms with E-state index in [4.69, 9.17) is 0 Å². The number of nitrogens with zero attached hydrogens (tertiary/aromatic N) is 4. The van der Waals surface area contributed by atoms with E-state index in [1.165, 1.54) is 11.8 Å². The molecule has 19 heavy (non-hydrogen) atoms. The fraction of sp³-hybridized carbons (Fsp3) is 0.308. The number of benzene rings is 1. The van der Waals surface area contributed by atoms with Crippen molar-refractivity contribution in [1.29, 1.82) is 0 Å². The first kappa shape index (κ1) is 13.6. The van der Waals surface area contributed by atoms with Gasteiger partial charge in [-0.05, 0) is 5.56 Å². The van der Waals surface area contributed by atoms with Crippen molar-refractivity contribution >= 4 is 17.7 Å². The van der Waals surface area contributed by atoms with Gasteiger partial charge in [0.15, 0.2) is 5.16 Å². The predicted octanol–water partition coefficient (Wildman–Crippen LogP) is 1.74. The molecule has 0 unspecified atom stereocenters. The van der Waals surface area contributed by atoms with Crippen LogP contribution in [0.1, 0.15) is 10.8 Å². The highest BCUT2D eigenvalue weighted by Crippen LogP contribution is 2.34. The van der Waals surface area contributed by atoms with Crippen LogP contribution in [0.15, 0.2) is 41.8 Å². The van der Waals surface area contributed by atoms with E-state index in [-0.39, 0.29) is 11.2 Å². The summed E-state index contributed by atoms with van der Waals surface area (Å²) in [7, 11) is 5.38. The molecule has 2 rings (SSSR count). The molecule has 0 aliphatic carbocycles. The molecule has 0 spiro atoms. The highest BCUT2D eigenvalue weighted by Gasteiger charge is 2.25. The van der Waals surface area contributed by atoms with Crippen LogP contribution in [0.3, 0.4) is 0 Å². The van der Waals surface area contributed by atoms with Crippen molar-refractivity contribution in [3.63, 3.8) is 0 Å². The Balaban J connectivity index is 2.30. The summed E-state index contributed by atoms with van der Waals surface area (Å²) >= 11 is 1.41. The third-order valence-electron chi connectivity index (χ3n) is 2.66. The van der Waals surface area contributed by atoms with Crippen LogP contribution in [0, 0.1) is 0 Å². The minimum absolute atomic E-state index is 0.0409. The number of thioether (sulfide) groups is 1. The largest absolute Gasteiger partial charge is 0.348 e. The van der Waals surface area contributed by atoms with E-state index in [2.05, 4.69) is 10.2 Å². The van der Waals surface area contributed by atoms with Crippen LogP contribution in [0.25, 0.3) is 0 Å². The van der Waals surface area contributed by atoms with Crippen molar-refractivity contribution in [2.24, 2.45) is 7.05 Å². The molecule has 2 aromatic rings. The molecule has 1 amide bonds. The standard InChI is InChI=1S/C13H16N4OS/c1-16(2)12(18)11(10-7-5-4-6-8-10)19-13-15-14-9-17(13)3/h4-9,11H,1-3H3/t11-/m1/s1. The highest BCUT2D eigenvalue weighted by molar-refractivity contribution is 8.00. The number of rotatable bonds is 4. The topological polar surface area (TPSA) is 51.0 Å². The van der Waals surface area contributed by atoms with E-state index in [9.17, 15) is 4.79 Å². The summed E-state index contributed by atoms with van der Waals surface area (Å²) in [5.41, 5.74) is 0.967. The van der Waals surface area contributed by atoms with Gasteiger partial charge in [-0.15, -0.1) is 10.2 Å². The molecule has 0 aliphatic rings. The van der Waals surface area contributed by atoms with E-state index >= 15 is 0 Å². The number of likely N-dealkylation sites (N-methyl/N-ethyl adjacent to an activating group) is 1. The summed E-state index contributed by atoms with van der Waals surface area (Å²) in [5, 5.41) is 8.29. The Hall–Kier alpha value is -1.82. The molecule has 0 aliphatic heterocycles. The van der Waals surface area contributed by atoms with Crippen LogP contribution in [-0.4, -0.2) is 39.7 Å². The lowest BCUT2D eigenvalue weighted by Crippen LogP contribution is -2.26. The van der Waals surface area contributed by atoms with Crippen LogP contribution >= 0.6 is 11.8 Å². The molecule has 0 saturated carbocycles. The lowest BCUT2D eigenvalue weighted by Gasteiger charge is -2.19. The van der Waals surface area contributed by atoms with Crippen LogP contribution < -0.4 is 0 Å². The maximum absolute atomic E-state index is 12.3. The van der Waals surface area contributed by atoms with Gasteiger partial charge in [-0.1, -0.05) is 42.1 Å². The number of aryl methyl sites for hydroxylation is 1. The molecular formula is C13H16N4OS. The zero-order valence-electron chi connectivity index (χ0n) is 11.1. The van der Waals surface area contributed by atoms with Gasteiger partial charge in [0.05, 0.1) is 0 Å². The number of aromatic nitrogens is 3. The van der Waals surface area contributed by atoms with Crippen molar-refractivity contribution in [2.45, 2.75) is 10.4 Å². The van der Waals surface area contributed by atoms with Gasteiger partial charge >= 0.3 is 0 Å². The highest BCUT2D eigenvalue weighted by atomic mass is 32.2. The normalized spacial score (nSPS) is 12.2. The number of carbonyl (C=O) groups excluding carboxylic acids is 1. The van der Waals surface area contributed by atoms with Crippen LogP contribution in [-0.2, 0) is 11.8 Å². The third kappa shape index (κ3) is 3.14. The van der Waals surface area contributed by atoms with E-state index in [1.54, 1.807) is 25.3 Å². The summed E-state index contributed by atoms with van der Waals surface area (Å²) < 4.78 is 1.81. The summed E-state index contributed by atoms with van der Waals surface area (Å²) in [6.07, 6.45) is 1.63. The van der Waals surface area contributed by atoms with Gasteiger partial charge in [0, 0.05) is 21.1 Å². The molecule has 5 nitrogen and oxygen atoms in total. The zero-order valence-corrected chi connectivity index (χ0v) is 12.0. The van der Waals surface area contributed by atoms with Crippen LogP contribution in [0.5, 0.6) is 0 Å². The Morgan fingerprint density at radius 2 is 2.00 bits per heavy atom. The van der Waals surface area contributed by atoms with Gasteiger partial charge in [0.2, 0.25) is 5.91 Å². The molecular weight excluding hydrogens is 260 g/mol. The summed E-state index contributed by atoms with van der Waals surface area (Å²) in [6, 6.07) is 9.71. The number of hydrogen-bond acceptors (Lipinski definition) is 4. The van der Waals surface area contributed by atoms with E-state index in [0.29, 0.717) is 0 Å². The maximum atomic E-state index is 12.3. The minimum atomic E-state index is -0.306. The number of carbonyl (C=O) groups is 1. The average molecular weight is 276 g/mol. The van der Waals surface area contributed by atoms with Crippen LogP contribution in [0.4, 0.5) is 0 Å². The molecule has 1 aromatic carbocycles. The smallest absolute Gasteiger partial charge is 0.240 e. The molecule has 100 valence electrons. The molecule has 0 N–H and O–H groups in total. The molecule has 0 saturated heterocycles. The first-order valence-electron chi connectivity index (χ1n) is 5.86. The van der Waals surface area contributed by atoms with Crippen molar-refractivity contribution < 1.29 is 4.79 Å². The molecule has 0 fully saturated rings. The van der Waals surface area contributed by atoms with Gasteiger partial charge < -0.3 is 9.47 Å². The van der Waals surface area contributed by atoms with Gasteiger partial charge in [-0.3, -0.25) is 4.79 Å². The number of amides is 1. The molecule has 1 heterocycles. The van der Waals surface area contributed by atoms with E-state index in [0.717, 1.165) is 10.7 Å². The second-order valence-corrected chi connectivity index (χ2v) is 5.44. The first-order valence-corrected chi connectivity index (χ1v) is 6.74. The Kier molecular flexibility index (Phi) is 4.21. The van der Waals surface area contributed by atoms with Crippen molar-refractivity contribution in [3.8, 4) is 0 Å². The fourth-order valence-electron chi connectivity index (χ4n) is 1.61. The minimum Gasteiger partial charge on any atom is -0.348 e. The second kappa shape index (κ2) is 5.88. The van der Waals surface area contributed by atoms with E-state index < -0.39 is 0 Å². The van der Waals surface area contributed by atoms with Crippen LogP contribution in [0.2, 0.25) is 0 Å². The van der Waals surface area contributed by atoms with Crippen molar-refractivity contribution in [3.05, 3.63) is 42.2 Å².